The minimum absolute atomic E-state index is 0.0604. The molecule has 1 saturated heterocycles. The highest BCUT2D eigenvalue weighted by atomic mass is 19.1. The van der Waals surface area contributed by atoms with E-state index in [2.05, 4.69) is 0 Å². The van der Waals surface area contributed by atoms with E-state index in [4.69, 9.17) is 4.74 Å². The second kappa shape index (κ2) is 9.18. The molecule has 2 fully saturated rings. The summed E-state index contributed by atoms with van der Waals surface area (Å²) in [4.78, 5) is 28.4. The van der Waals surface area contributed by atoms with E-state index in [1.165, 1.54) is 17.0 Å². The molecule has 4 rings (SSSR count). The molecule has 6 nitrogen and oxygen atoms in total. The number of nitrogens with zero attached hydrogens (tertiary/aromatic N) is 2. The van der Waals surface area contributed by atoms with Crippen molar-refractivity contribution >= 4 is 12.0 Å². The number of halogens is 1. The van der Waals surface area contributed by atoms with Gasteiger partial charge in [0.1, 0.15) is 11.6 Å². The second-order valence-corrected chi connectivity index (χ2v) is 9.04. The Morgan fingerprint density at radius 1 is 1.09 bits per heavy atom. The Morgan fingerprint density at radius 3 is 2.34 bits per heavy atom. The number of piperidine rings is 1. The van der Waals surface area contributed by atoms with Crippen molar-refractivity contribution in [2.24, 2.45) is 5.92 Å². The van der Waals surface area contributed by atoms with Gasteiger partial charge in [0.25, 0.3) is 0 Å². The largest absolute Gasteiger partial charge is 0.491 e. The zero-order valence-electron chi connectivity index (χ0n) is 18.4. The maximum Gasteiger partial charge on any atom is 0.407 e. The summed E-state index contributed by atoms with van der Waals surface area (Å²) in [5, 5.41) is 9.59. The number of rotatable bonds is 7. The van der Waals surface area contributed by atoms with Crippen molar-refractivity contribution in [2.45, 2.75) is 57.8 Å². The van der Waals surface area contributed by atoms with Gasteiger partial charge in [-0.1, -0.05) is 24.3 Å². The molecule has 3 atom stereocenters. The van der Waals surface area contributed by atoms with Crippen molar-refractivity contribution < 1.29 is 23.8 Å². The average Bonchev–Trinajstić information content (AvgIpc) is 3.35. The fourth-order valence-corrected chi connectivity index (χ4v) is 4.96. The van der Waals surface area contributed by atoms with Crippen LogP contribution in [-0.2, 0) is 17.8 Å². The zero-order valence-corrected chi connectivity index (χ0v) is 18.4. The number of ether oxygens (including phenoxy) is 1. The number of fused-ring (bicyclic) bond motifs is 2. The number of likely N-dealkylation sites (tertiary alicyclic amines) is 1. The number of amides is 2. The first kappa shape index (κ1) is 22.1. The number of hydrogen-bond donors (Lipinski definition) is 1. The van der Waals surface area contributed by atoms with Gasteiger partial charge >= 0.3 is 6.09 Å². The van der Waals surface area contributed by atoms with Gasteiger partial charge in [-0.3, -0.25) is 4.79 Å². The lowest BCUT2D eigenvalue weighted by Crippen LogP contribution is -2.53. The highest BCUT2D eigenvalue weighted by molar-refractivity contribution is 5.79. The van der Waals surface area contributed by atoms with E-state index >= 15 is 0 Å². The number of carboxylic acid groups (broad SMARTS) is 1. The Bertz CT molecular complexity index is 961. The van der Waals surface area contributed by atoms with Crippen molar-refractivity contribution in [3.05, 3.63) is 65.5 Å². The van der Waals surface area contributed by atoms with Crippen molar-refractivity contribution in [1.29, 1.82) is 0 Å². The SMILES string of the molecule is CC(C)Oc1ccc(CC(=O)N(Cc2ccc(F)cc2)[C@@H]2C[C@H]3C[C@@H]2N(C(=O)O)C3)cc1. The van der Waals surface area contributed by atoms with Crippen LogP contribution in [0.3, 0.4) is 0 Å². The van der Waals surface area contributed by atoms with E-state index in [1.54, 1.807) is 17.0 Å². The molecule has 2 amide bonds. The third kappa shape index (κ3) is 4.87. The molecule has 2 aliphatic rings. The maximum atomic E-state index is 13.4. The Hall–Kier alpha value is -3.09. The molecule has 32 heavy (non-hydrogen) atoms. The molecule has 1 saturated carbocycles. The van der Waals surface area contributed by atoms with E-state index in [1.807, 2.05) is 38.1 Å². The molecule has 2 aromatic carbocycles. The van der Waals surface area contributed by atoms with Crippen molar-refractivity contribution in [3.63, 3.8) is 0 Å². The molecule has 1 heterocycles. The first-order valence-electron chi connectivity index (χ1n) is 11.1. The Morgan fingerprint density at radius 2 is 1.75 bits per heavy atom. The van der Waals surface area contributed by atoms with Gasteiger partial charge in [-0.25, -0.2) is 9.18 Å². The highest BCUT2D eigenvalue weighted by Gasteiger charge is 2.50. The van der Waals surface area contributed by atoms with Gasteiger partial charge in [0.05, 0.1) is 24.6 Å². The average molecular weight is 441 g/mol. The summed E-state index contributed by atoms with van der Waals surface area (Å²) < 4.78 is 19.1. The summed E-state index contributed by atoms with van der Waals surface area (Å²) >= 11 is 0. The van der Waals surface area contributed by atoms with Crippen LogP contribution in [0.5, 0.6) is 5.75 Å². The molecule has 1 aliphatic heterocycles. The summed E-state index contributed by atoms with van der Waals surface area (Å²) in [7, 11) is 0. The Balaban J connectivity index is 1.54. The quantitative estimate of drug-likeness (QED) is 0.696. The van der Waals surface area contributed by atoms with E-state index in [0.29, 0.717) is 13.1 Å². The molecule has 2 aromatic rings. The number of carbonyl (C=O) groups is 2. The van der Waals surface area contributed by atoms with Gasteiger partial charge in [0.15, 0.2) is 0 Å². The number of hydrogen-bond acceptors (Lipinski definition) is 3. The van der Waals surface area contributed by atoms with Crippen LogP contribution in [-0.4, -0.2) is 51.6 Å². The van der Waals surface area contributed by atoms with Crippen molar-refractivity contribution in [3.8, 4) is 5.75 Å². The van der Waals surface area contributed by atoms with Crippen LogP contribution in [0, 0.1) is 11.7 Å². The molecule has 0 unspecified atom stereocenters. The van der Waals surface area contributed by atoms with E-state index < -0.39 is 6.09 Å². The van der Waals surface area contributed by atoms with Gasteiger partial charge in [-0.15, -0.1) is 0 Å². The Kier molecular flexibility index (Phi) is 6.35. The lowest BCUT2D eigenvalue weighted by Gasteiger charge is -2.39. The molecule has 0 radical (unpaired) electrons. The summed E-state index contributed by atoms with van der Waals surface area (Å²) in [5.41, 5.74) is 1.69. The summed E-state index contributed by atoms with van der Waals surface area (Å²) in [6.45, 7) is 4.78. The fraction of sp³-hybridized carbons (Fsp3) is 0.440. The zero-order chi connectivity index (χ0) is 22.8. The third-order valence-corrected chi connectivity index (χ3v) is 6.33. The van der Waals surface area contributed by atoms with Crippen LogP contribution in [0.15, 0.2) is 48.5 Å². The highest BCUT2D eigenvalue weighted by Crippen LogP contribution is 2.41. The maximum absolute atomic E-state index is 13.4. The Labute approximate surface area is 187 Å². The normalized spacial score (nSPS) is 21.8. The monoisotopic (exact) mass is 440 g/mol. The van der Waals surface area contributed by atoms with Crippen LogP contribution < -0.4 is 4.74 Å². The van der Waals surface area contributed by atoms with Gasteiger partial charge in [0.2, 0.25) is 5.91 Å². The first-order valence-corrected chi connectivity index (χ1v) is 11.1. The predicted molar refractivity (Wildman–Crippen MR) is 118 cm³/mol. The van der Waals surface area contributed by atoms with E-state index in [0.717, 1.165) is 29.7 Å². The van der Waals surface area contributed by atoms with Crippen LogP contribution in [0.1, 0.15) is 37.8 Å². The fourth-order valence-electron chi connectivity index (χ4n) is 4.96. The van der Waals surface area contributed by atoms with Gasteiger partial charge in [0, 0.05) is 13.1 Å². The molecule has 0 aromatic heterocycles. The van der Waals surface area contributed by atoms with Crippen LogP contribution in [0.2, 0.25) is 0 Å². The van der Waals surface area contributed by atoms with Crippen molar-refractivity contribution in [2.75, 3.05) is 6.54 Å². The summed E-state index contributed by atoms with van der Waals surface area (Å²) in [5.74, 6) is 0.642. The molecular weight excluding hydrogens is 411 g/mol. The topological polar surface area (TPSA) is 70.1 Å². The smallest absolute Gasteiger partial charge is 0.407 e. The molecule has 7 heteroatoms. The van der Waals surface area contributed by atoms with Crippen LogP contribution in [0.25, 0.3) is 0 Å². The summed E-state index contributed by atoms with van der Waals surface area (Å²) in [6.07, 6.45) is 0.929. The third-order valence-electron chi connectivity index (χ3n) is 6.33. The molecule has 170 valence electrons. The number of benzene rings is 2. The predicted octanol–water partition coefficient (Wildman–Crippen LogP) is 4.33. The minimum atomic E-state index is -0.933. The van der Waals surface area contributed by atoms with E-state index in [-0.39, 0.29) is 42.3 Å². The summed E-state index contributed by atoms with van der Waals surface area (Å²) in [6, 6.07) is 13.2. The molecule has 1 aliphatic carbocycles. The molecule has 0 spiro atoms. The lowest BCUT2D eigenvalue weighted by molar-refractivity contribution is -0.135. The second-order valence-electron chi connectivity index (χ2n) is 9.04. The first-order chi connectivity index (χ1) is 15.3. The number of carbonyl (C=O) groups excluding carboxylic acids is 1. The van der Waals surface area contributed by atoms with Gasteiger partial charge in [-0.2, -0.15) is 0 Å². The van der Waals surface area contributed by atoms with Gasteiger partial charge in [-0.05, 0) is 68.0 Å². The lowest BCUT2D eigenvalue weighted by atomic mass is 10.0. The molecule has 2 bridgehead atoms. The van der Waals surface area contributed by atoms with Crippen molar-refractivity contribution in [1.82, 2.24) is 9.80 Å². The van der Waals surface area contributed by atoms with E-state index in [9.17, 15) is 19.1 Å². The molecular formula is C25H29FN2O4. The standard InChI is InChI=1S/C25H29FN2O4/c1-16(2)32-21-9-5-17(6-10-21)13-24(29)27(14-18-3-7-20(26)8-4-18)22-11-19-12-23(22)28(15-19)25(30)31/h3-10,16,19,22-23H,11-15H2,1-2H3,(H,30,31)/t19-,22+,23-/m0/s1. The van der Waals surface area contributed by atoms with Gasteiger partial charge < -0.3 is 19.6 Å². The minimum Gasteiger partial charge on any atom is -0.491 e. The van der Waals surface area contributed by atoms with Crippen LogP contribution >= 0.6 is 0 Å². The molecule has 1 N–H and O–H groups in total. The van der Waals surface area contributed by atoms with Crippen LogP contribution in [0.4, 0.5) is 9.18 Å².